The van der Waals surface area contributed by atoms with E-state index in [1.165, 1.54) is 33.2 Å². The molecule has 0 aliphatic carbocycles. The van der Waals surface area contributed by atoms with E-state index >= 15 is 0 Å². The van der Waals surface area contributed by atoms with Gasteiger partial charge < -0.3 is 10.1 Å². The van der Waals surface area contributed by atoms with Gasteiger partial charge in [-0.2, -0.15) is 4.31 Å². The molecule has 1 fully saturated rings. The van der Waals surface area contributed by atoms with Crippen molar-refractivity contribution in [1.82, 2.24) is 9.29 Å². The van der Waals surface area contributed by atoms with Crippen molar-refractivity contribution in [2.45, 2.75) is 41.5 Å². The van der Waals surface area contributed by atoms with E-state index in [0.29, 0.717) is 42.7 Å². The van der Waals surface area contributed by atoms with Gasteiger partial charge in [-0.25, -0.2) is 13.4 Å². The van der Waals surface area contributed by atoms with Gasteiger partial charge in [0.15, 0.2) is 0 Å². The molecule has 2 aliphatic rings. The Bertz CT molecular complexity index is 1160. The standard InChI is InChI=1S/C22H26N4O5S2/c1-15(20(27)26-18-7-5-4-6-17(18)24-21(28)22(26,2)3)32-19-9-8-16(14-23-19)33(29,30)25-10-12-31-13-11-25/h4-9,14-15H,10-13H2,1-3H3,(H,24,28)/t15-/m1/s1. The molecule has 2 amide bonds. The van der Waals surface area contributed by atoms with Crippen LogP contribution in [0, 0.1) is 0 Å². The van der Waals surface area contributed by atoms with Gasteiger partial charge in [0.25, 0.3) is 0 Å². The number of sulfonamides is 1. The third-order valence-electron chi connectivity index (χ3n) is 5.69. The molecular formula is C22H26N4O5S2. The molecular weight excluding hydrogens is 464 g/mol. The van der Waals surface area contributed by atoms with Crippen molar-refractivity contribution in [2.75, 3.05) is 36.5 Å². The summed E-state index contributed by atoms with van der Waals surface area (Å²) in [6.45, 7) is 6.52. The maximum atomic E-state index is 13.4. The number of pyridine rings is 1. The van der Waals surface area contributed by atoms with Crippen molar-refractivity contribution in [3.63, 3.8) is 0 Å². The average Bonchev–Trinajstić information content (AvgIpc) is 2.80. The van der Waals surface area contributed by atoms with Gasteiger partial charge in [-0.15, -0.1) is 0 Å². The van der Waals surface area contributed by atoms with E-state index in [-0.39, 0.29) is 16.7 Å². The molecule has 0 bridgehead atoms. The molecule has 1 aromatic heterocycles. The van der Waals surface area contributed by atoms with Crippen LogP contribution >= 0.6 is 11.8 Å². The minimum Gasteiger partial charge on any atom is -0.379 e. The maximum absolute atomic E-state index is 13.4. The molecule has 1 saturated heterocycles. The first kappa shape index (κ1) is 23.7. The third-order valence-corrected chi connectivity index (χ3v) is 8.61. The van der Waals surface area contributed by atoms with Crippen LogP contribution < -0.4 is 10.2 Å². The van der Waals surface area contributed by atoms with Crippen LogP contribution in [0.15, 0.2) is 52.5 Å². The Morgan fingerprint density at radius 2 is 1.88 bits per heavy atom. The van der Waals surface area contributed by atoms with E-state index in [4.69, 9.17) is 4.74 Å². The lowest BCUT2D eigenvalue weighted by Gasteiger charge is -2.43. The number of amides is 2. The SMILES string of the molecule is C[C@@H](Sc1ccc(S(=O)(=O)N2CCOCC2)cn1)C(=O)N1c2ccccc2NC(=O)C1(C)C. The Morgan fingerprint density at radius 1 is 1.18 bits per heavy atom. The molecule has 2 aromatic rings. The van der Waals surface area contributed by atoms with Gasteiger partial charge >= 0.3 is 0 Å². The molecule has 0 radical (unpaired) electrons. The predicted molar refractivity (Wildman–Crippen MR) is 126 cm³/mol. The number of anilines is 2. The predicted octanol–water partition coefficient (Wildman–Crippen LogP) is 2.35. The van der Waals surface area contributed by atoms with Crippen LogP contribution in [-0.2, 0) is 24.3 Å². The van der Waals surface area contributed by atoms with Crippen LogP contribution in [0.4, 0.5) is 11.4 Å². The number of nitrogens with one attached hydrogen (secondary N) is 1. The summed E-state index contributed by atoms with van der Waals surface area (Å²) in [7, 11) is -3.63. The molecule has 2 aliphatic heterocycles. The number of carbonyl (C=O) groups is 2. The first-order valence-electron chi connectivity index (χ1n) is 10.6. The fourth-order valence-corrected chi connectivity index (χ4v) is 5.97. The van der Waals surface area contributed by atoms with Crippen LogP contribution in [0.2, 0.25) is 0 Å². The van der Waals surface area contributed by atoms with Gasteiger partial charge in [0.1, 0.15) is 10.4 Å². The summed E-state index contributed by atoms with van der Waals surface area (Å²) >= 11 is 1.21. The number of rotatable bonds is 5. The quantitative estimate of drug-likeness (QED) is 0.641. The zero-order valence-corrected chi connectivity index (χ0v) is 20.3. The topological polar surface area (TPSA) is 109 Å². The highest BCUT2D eigenvalue weighted by molar-refractivity contribution is 8.00. The highest BCUT2D eigenvalue weighted by Gasteiger charge is 2.44. The number of nitrogens with zero attached hydrogens (tertiary/aromatic N) is 3. The lowest BCUT2D eigenvalue weighted by Crippen LogP contribution is -2.60. The number of para-hydroxylation sites is 2. The Labute approximate surface area is 197 Å². The van der Waals surface area contributed by atoms with Crippen molar-refractivity contribution < 1.29 is 22.7 Å². The number of hydrogen-bond acceptors (Lipinski definition) is 7. The van der Waals surface area contributed by atoms with E-state index in [0.717, 1.165) is 0 Å². The molecule has 0 spiro atoms. The second kappa shape index (κ2) is 9.05. The zero-order valence-electron chi connectivity index (χ0n) is 18.6. The number of morpholine rings is 1. The summed E-state index contributed by atoms with van der Waals surface area (Å²) in [5, 5.41) is 2.81. The largest absolute Gasteiger partial charge is 0.379 e. The number of carbonyl (C=O) groups excluding carboxylic acids is 2. The van der Waals surface area contributed by atoms with E-state index in [9.17, 15) is 18.0 Å². The highest BCUT2D eigenvalue weighted by atomic mass is 32.2. The van der Waals surface area contributed by atoms with E-state index < -0.39 is 20.8 Å². The third kappa shape index (κ3) is 4.50. The van der Waals surface area contributed by atoms with E-state index in [1.54, 1.807) is 45.0 Å². The molecule has 1 N–H and O–H groups in total. The Kier molecular flexibility index (Phi) is 6.50. The van der Waals surface area contributed by atoms with Crippen molar-refractivity contribution in [1.29, 1.82) is 0 Å². The summed E-state index contributed by atoms with van der Waals surface area (Å²) in [6.07, 6.45) is 1.32. The molecule has 3 heterocycles. The molecule has 0 unspecified atom stereocenters. The molecule has 1 atom stereocenters. The summed E-state index contributed by atoms with van der Waals surface area (Å²) in [4.78, 5) is 32.0. The Morgan fingerprint density at radius 3 is 2.55 bits per heavy atom. The van der Waals surface area contributed by atoms with Crippen molar-refractivity contribution in [3.05, 3.63) is 42.6 Å². The highest BCUT2D eigenvalue weighted by Crippen LogP contribution is 2.38. The molecule has 0 saturated carbocycles. The molecule has 1 aromatic carbocycles. The first-order chi connectivity index (χ1) is 15.6. The molecule has 176 valence electrons. The second-order valence-corrected chi connectivity index (χ2v) is 11.6. The smallest absolute Gasteiger partial charge is 0.250 e. The van der Waals surface area contributed by atoms with Gasteiger partial charge in [-0.05, 0) is 45.0 Å². The first-order valence-corrected chi connectivity index (χ1v) is 12.9. The molecule has 9 nitrogen and oxygen atoms in total. The molecule has 4 rings (SSSR count). The minimum absolute atomic E-state index is 0.107. The van der Waals surface area contributed by atoms with Gasteiger partial charge in [-0.3, -0.25) is 14.5 Å². The van der Waals surface area contributed by atoms with E-state index in [2.05, 4.69) is 10.3 Å². The van der Waals surface area contributed by atoms with Crippen LogP contribution in [0.3, 0.4) is 0 Å². The lowest BCUT2D eigenvalue weighted by molar-refractivity contribution is -0.126. The van der Waals surface area contributed by atoms with Crippen molar-refractivity contribution in [2.24, 2.45) is 0 Å². The van der Waals surface area contributed by atoms with Gasteiger partial charge in [-0.1, -0.05) is 23.9 Å². The van der Waals surface area contributed by atoms with Gasteiger partial charge in [0.05, 0.1) is 34.9 Å². The van der Waals surface area contributed by atoms with Crippen molar-refractivity contribution in [3.8, 4) is 0 Å². The number of benzene rings is 1. The van der Waals surface area contributed by atoms with Crippen molar-refractivity contribution >= 4 is 45.0 Å². The average molecular weight is 491 g/mol. The fraction of sp³-hybridized carbons (Fsp3) is 0.409. The Hall–Kier alpha value is -2.47. The fourth-order valence-electron chi connectivity index (χ4n) is 3.78. The lowest BCUT2D eigenvalue weighted by atomic mass is 9.96. The zero-order chi connectivity index (χ0) is 23.8. The van der Waals surface area contributed by atoms with E-state index in [1.807, 2.05) is 6.07 Å². The number of fused-ring (bicyclic) bond motifs is 1. The summed E-state index contributed by atoms with van der Waals surface area (Å²) in [5.74, 6) is -0.498. The number of hydrogen-bond donors (Lipinski definition) is 1. The number of aromatic nitrogens is 1. The summed E-state index contributed by atoms with van der Waals surface area (Å²) in [6, 6.07) is 10.3. The van der Waals surface area contributed by atoms with Crippen LogP contribution in [0.5, 0.6) is 0 Å². The van der Waals surface area contributed by atoms with Gasteiger partial charge in [0, 0.05) is 19.3 Å². The van der Waals surface area contributed by atoms with Crippen LogP contribution in [-0.4, -0.2) is 66.6 Å². The number of ether oxygens (including phenoxy) is 1. The Balaban J connectivity index is 1.52. The molecule has 33 heavy (non-hydrogen) atoms. The summed E-state index contributed by atoms with van der Waals surface area (Å²) in [5.41, 5.74) is 0.159. The monoisotopic (exact) mass is 490 g/mol. The minimum atomic E-state index is -3.63. The normalized spacial score (nSPS) is 19.5. The van der Waals surface area contributed by atoms with Gasteiger partial charge in [0.2, 0.25) is 21.8 Å². The maximum Gasteiger partial charge on any atom is 0.250 e. The van der Waals surface area contributed by atoms with Crippen LogP contribution in [0.25, 0.3) is 0 Å². The van der Waals surface area contributed by atoms with Crippen LogP contribution in [0.1, 0.15) is 20.8 Å². The molecule has 11 heteroatoms. The summed E-state index contributed by atoms with van der Waals surface area (Å²) < 4.78 is 32.2. The second-order valence-electron chi connectivity index (χ2n) is 8.31. The number of thioether (sulfide) groups is 1.